The van der Waals surface area contributed by atoms with Gasteiger partial charge in [-0.05, 0) is 60.4 Å². The zero-order valence-electron chi connectivity index (χ0n) is 18.6. The number of nitrogens with zero attached hydrogens (tertiary/aromatic N) is 1. The maximum atomic E-state index is 13.5. The summed E-state index contributed by atoms with van der Waals surface area (Å²) in [6.45, 7) is 4.01. The predicted molar refractivity (Wildman–Crippen MR) is 132 cm³/mol. The third-order valence-electron chi connectivity index (χ3n) is 5.81. The monoisotopic (exact) mass is 432 g/mol. The van der Waals surface area contributed by atoms with Gasteiger partial charge < -0.3 is 9.73 Å². The van der Waals surface area contributed by atoms with Gasteiger partial charge in [0.05, 0.1) is 5.92 Å². The van der Waals surface area contributed by atoms with E-state index in [0.29, 0.717) is 5.89 Å². The summed E-state index contributed by atoms with van der Waals surface area (Å²) in [5.41, 5.74) is 7.13. The van der Waals surface area contributed by atoms with E-state index in [2.05, 4.69) is 10.3 Å². The largest absolute Gasteiger partial charge is 0.436 e. The summed E-state index contributed by atoms with van der Waals surface area (Å²) in [7, 11) is 0. The Labute approximate surface area is 192 Å². The maximum absolute atomic E-state index is 13.5. The van der Waals surface area contributed by atoms with Gasteiger partial charge in [-0.25, -0.2) is 4.98 Å². The smallest absolute Gasteiger partial charge is 0.236 e. The quantitative estimate of drug-likeness (QED) is 0.329. The van der Waals surface area contributed by atoms with Crippen molar-refractivity contribution in [3.05, 3.63) is 119 Å². The fourth-order valence-corrected chi connectivity index (χ4v) is 4.04. The highest BCUT2D eigenvalue weighted by Gasteiger charge is 2.23. The molecule has 0 bridgehead atoms. The standard InChI is InChI=1S/C29H24N2O2/c1-19-13-16-26-25(17-19)31-29(33-26)23-15-14-20(2)24(18-23)30-28(32)27(21-9-5-3-6-10-21)22-11-7-4-8-12-22/h3-18,27H,1-2H3,(H,30,32). The van der Waals surface area contributed by atoms with E-state index >= 15 is 0 Å². The Morgan fingerprint density at radius 1 is 0.818 bits per heavy atom. The molecule has 5 aromatic rings. The molecule has 4 aromatic carbocycles. The number of anilines is 1. The molecule has 4 nitrogen and oxygen atoms in total. The number of carbonyl (C=O) groups excluding carboxylic acids is 1. The molecular formula is C29H24N2O2. The van der Waals surface area contributed by atoms with Gasteiger partial charge in [0.2, 0.25) is 11.8 Å². The second-order valence-electron chi connectivity index (χ2n) is 8.26. The van der Waals surface area contributed by atoms with E-state index < -0.39 is 5.92 Å². The van der Waals surface area contributed by atoms with E-state index in [1.54, 1.807) is 0 Å². The van der Waals surface area contributed by atoms with Crippen molar-refractivity contribution in [2.75, 3.05) is 5.32 Å². The number of hydrogen-bond acceptors (Lipinski definition) is 3. The molecule has 1 heterocycles. The summed E-state index contributed by atoms with van der Waals surface area (Å²) in [5.74, 6) is 0.0392. The van der Waals surface area contributed by atoms with Gasteiger partial charge in [-0.2, -0.15) is 0 Å². The van der Waals surface area contributed by atoms with E-state index in [4.69, 9.17) is 4.42 Å². The molecule has 5 rings (SSSR count). The Balaban J connectivity index is 1.49. The van der Waals surface area contributed by atoms with Crippen LogP contribution in [0.3, 0.4) is 0 Å². The highest BCUT2D eigenvalue weighted by atomic mass is 16.3. The van der Waals surface area contributed by atoms with Crippen molar-refractivity contribution in [2.45, 2.75) is 19.8 Å². The van der Waals surface area contributed by atoms with Crippen LogP contribution in [0.15, 0.2) is 101 Å². The third kappa shape index (κ3) is 4.28. The van der Waals surface area contributed by atoms with Crippen LogP contribution in [0.1, 0.15) is 28.2 Å². The molecule has 0 fully saturated rings. The molecule has 0 saturated carbocycles. The topological polar surface area (TPSA) is 55.1 Å². The van der Waals surface area contributed by atoms with E-state index in [1.807, 2.05) is 111 Å². The zero-order valence-corrected chi connectivity index (χ0v) is 18.6. The van der Waals surface area contributed by atoms with Crippen LogP contribution in [-0.4, -0.2) is 10.9 Å². The summed E-state index contributed by atoms with van der Waals surface area (Å²) >= 11 is 0. The van der Waals surface area contributed by atoms with Crippen molar-refractivity contribution in [1.82, 2.24) is 4.98 Å². The molecule has 1 N–H and O–H groups in total. The van der Waals surface area contributed by atoms with Gasteiger partial charge in [0.15, 0.2) is 5.58 Å². The van der Waals surface area contributed by atoms with Crippen molar-refractivity contribution in [1.29, 1.82) is 0 Å². The fourth-order valence-electron chi connectivity index (χ4n) is 4.04. The number of hydrogen-bond donors (Lipinski definition) is 1. The van der Waals surface area contributed by atoms with Crippen LogP contribution >= 0.6 is 0 Å². The molecule has 162 valence electrons. The Morgan fingerprint density at radius 2 is 1.48 bits per heavy atom. The number of benzene rings is 4. The minimum Gasteiger partial charge on any atom is -0.436 e. The lowest BCUT2D eigenvalue weighted by molar-refractivity contribution is -0.116. The van der Waals surface area contributed by atoms with E-state index in [0.717, 1.165) is 44.6 Å². The van der Waals surface area contributed by atoms with Gasteiger partial charge in [0, 0.05) is 11.3 Å². The van der Waals surface area contributed by atoms with Crippen molar-refractivity contribution in [2.24, 2.45) is 0 Å². The second kappa shape index (κ2) is 8.75. The lowest BCUT2D eigenvalue weighted by Crippen LogP contribution is -2.22. The van der Waals surface area contributed by atoms with Crippen LogP contribution in [0.4, 0.5) is 5.69 Å². The number of aromatic nitrogens is 1. The van der Waals surface area contributed by atoms with Crippen molar-refractivity contribution in [3.63, 3.8) is 0 Å². The van der Waals surface area contributed by atoms with Crippen LogP contribution < -0.4 is 5.32 Å². The molecule has 0 aliphatic carbocycles. The fraction of sp³-hybridized carbons (Fsp3) is 0.103. The molecule has 0 saturated heterocycles. The number of oxazole rings is 1. The molecule has 0 aliphatic heterocycles. The Morgan fingerprint density at radius 3 is 2.15 bits per heavy atom. The van der Waals surface area contributed by atoms with Gasteiger partial charge in [0.25, 0.3) is 0 Å². The lowest BCUT2D eigenvalue weighted by atomic mass is 9.90. The molecule has 33 heavy (non-hydrogen) atoms. The first-order valence-electron chi connectivity index (χ1n) is 11.0. The highest BCUT2D eigenvalue weighted by Crippen LogP contribution is 2.31. The predicted octanol–water partition coefficient (Wildman–Crippen LogP) is 6.88. The summed E-state index contributed by atoms with van der Waals surface area (Å²) < 4.78 is 5.97. The lowest BCUT2D eigenvalue weighted by Gasteiger charge is -2.19. The van der Waals surface area contributed by atoms with Gasteiger partial charge >= 0.3 is 0 Å². The minimum atomic E-state index is -0.414. The third-order valence-corrected chi connectivity index (χ3v) is 5.81. The molecule has 0 atom stereocenters. The number of fused-ring (bicyclic) bond motifs is 1. The molecule has 4 heteroatoms. The van der Waals surface area contributed by atoms with Gasteiger partial charge in [-0.3, -0.25) is 4.79 Å². The number of nitrogens with one attached hydrogen (secondary N) is 1. The molecule has 0 radical (unpaired) electrons. The van der Waals surface area contributed by atoms with Gasteiger partial charge in [0.1, 0.15) is 5.52 Å². The average molecular weight is 433 g/mol. The Hall–Kier alpha value is -4.18. The summed E-state index contributed by atoms with van der Waals surface area (Å²) in [6.07, 6.45) is 0. The van der Waals surface area contributed by atoms with E-state index in [1.165, 1.54) is 0 Å². The summed E-state index contributed by atoms with van der Waals surface area (Å²) in [6, 6.07) is 31.5. The first-order valence-corrected chi connectivity index (χ1v) is 11.0. The van der Waals surface area contributed by atoms with Gasteiger partial charge in [-0.15, -0.1) is 0 Å². The van der Waals surface area contributed by atoms with Crippen LogP contribution in [0, 0.1) is 13.8 Å². The molecule has 0 unspecified atom stereocenters. The highest BCUT2D eigenvalue weighted by molar-refractivity contribution is 5.99. The number of aryl methyl sites for hydroxylation is 2. The molecule has 0 spiro atoms. The molecule has 1 amide bonds. The number of carbonyl (C=O) groups is 1. The number of rotatable bonds is 5. The molecule has 1 aromatic heterocycles. The molecule has 0 aliphatic rings. The van der Waals surface area contributed by atoms with E-state index in [-0.39, 0.29) is 5.91 Å². The van der Waals surface area contributed by atoms with Crippen LogP contribution in [0.5, 0.6) is 0 Å². The van der Waals surface area contributed by atoms with Crippen molar-refractivity contribution in [3.8, 4) is 11.5 Å². The van der Waals surface area contributed by atoms with Crippen LogP contribution in [0.25, 0.3) is 22.6 Å². The average Bonchev–Trinajstić information content (AvgIpc) is 3.25. The summed E-state index contributed by atoms with van der Waals surface area (Å²) in [5, 5.41) is 3.15. The zero-order chi connectivity index (χ0) is 22.8. The Kier molecular flexibility index (Phi) is 5.49. The number of amides is 1. The SMILES string of the molecule is Cc1ccc2oc(-c3ccc(C)c(NC(=O)C(c4ccccc4)c4ccccc4)c3)nc2c1. The van der Waals surface area contributed by atoms with E-state index in [9.17, 15) is 4.79 Å². The maximum Gasteiger partial charge on any atom is 0.236 e. The normalized spacial score (nSPS) is 11.1. The molecular weight excluding hydrogens is 408 g/mol. The Bertz CT molecular complexity index is 1380. The first-order chi connectivity index (χ1) is 16.1. The first kappa shape index (κ1) is 20.7. The van der Waals surface area contributed by atoms with Crippen LogP contribution in [0.2, 0.25) is 0 Å². The van der Waals surface area contributed by atoms with Gasteiger partial charge in [-0.1, -0.05) is 72.8 Å². The second-order valence-corrected chi connectivity index (χ2v) is 8.26. The summed E-state index contributed by atoms with van der Waals surface area (Å²) in [4.78, 5) is 18.2. The van der Waals surface area contributed by atoms with Crippen molar-refractivity contribution < 1.29 is 9.21 Å². The minimum absolute atomic E-state index is 0.0826. The van der Waals surface area contributed by atoms with Crippen LogP contribution in [-0.2, 0) is 4.79 Å². The van der Waals surface area contributed by atoms with Crippen molar-refractivity contribution >= 4 is 22.7 Å².